The number of sulfonamides is 1. The van der Waals surface area contributed by atoms with Crippen LogP contribution in [0.1, 0.15) is 5.56 Å². The first kappa shape index (κ1) is 33.4. The number of anilines is 1. The smallest absolute Gasteiger partial charge is 0.475 e. The van der Waals surface area contributed by atoms with Crippen molar-refractivity contribution in [1.82, 2.24) is 15.2 Å². The molecular formula is C24H24Cl3F3N4O5S. The van der Waals surface area contributed by atoms with Gasteiger partial charge in [-0.1, -0.05) is 46.9 Å². The fraction of sp³-hybridized carbons (Fsp3) is 0.250. The normalized spacial score (nSPS) is 11.5. The van der Waals surface area contributed by atoms with Gasteiger partial charge in [0, 0.05) is 25.8 Å². The Balaban J connectivity index is 0.000000708. The second-order valence-corrected chi connectivity index (χ2v) is 11.1. The molecule has 0 saturated heterocycles. The minimum Gasteiger partial charge on any atom is -0.475 e. The Bertz CT molecular complexity index is 1410. The van der Waals surface area contributed by atoms with E-state index in [2.05, 4.69) is 19.9 Å². The number of likely N-dealkylation sites (N-methyl/N-ethyl adjacent to an activating group) is 1. The van der Waals surface area contributed by atoms with E-state index in [1.807, 2.05) is 26.2 Å². The maximum atomic E-state index is 12.8. The van der Waals surface area contributed by atoms with Crippen LogP contribution in [0.4, 0.5) is 18.9 Å². The summed E-state index contributed by atoms with van der Waals surface area (Å²) in [5, 5.41) is 11.1. The maximum Gasteiger partial charge on any atom is 0.490 e. The summed E-state index contributed by atoms with van der Waals surface area (Å²) < 4.78 is 65.7. The van der Waals surface area contributed by atoms with Gasteiger partial charge in [0.15, 0.2) is 0 Å². The number of aliphatic carboxylic acids is 1. The zero-order valence-corrected chi connectivity index (χ0v) is 24.1. The quantitative estimate of drug-likeness (QED) is 0.233. The fourth-order valence-electron chi connectivity index (χ4n) is 2.75. The van der Waals surface area contributed by atoms with E-state index in [1.165, 1.54) is 30.5 Å². The number of pyridine rings is 1. The molecule has 3 N–H and O–H groups in total. The van der Waals surface area contributed by atoms with Crippen LogP contribution >= 0.6 is 34.8 Å². The van der Waals surface area contributed by atoms with E-state index >= 15 is 0 Å². The lowest BCUT2D eigenvalue weighted by Crippen LogP contribution is -2.26. The molecule has 0 aliphatic rings. The van der Waals surface area contributed by atoms with Crippen molar-refractivity contribution in [2.45, 2.75) is 17.6 Å². The molecule has 218 valence electrons. The van der Waals surface area contributed by atoms with Gasteiger partial charge in [-0.2, -0.15) is 13.2 Å². The Morgan fingerprint density at radius 2 is 1.68 bits per heavy atom. The van der Waals surface area contributed by atoms with E-state index in [-0.39, 0.29) is 31.5 Å². The Hall–Kier alpha value is -2.81. The number of carboxylic acid groups (broad SMARTS) is 1. The van der Waals surface area contributed by atoms with Gasteiger partial charge in [0.1, 0.15) is 11.4 Å². The molecular weight excluding hydrogens is 620 g/mol. The lowest BCUT2D eigenvalue weighted by Gasteiger charge is -2.14. The standard InChI is InChI=1S/C22H23Cl3N4O3S.C2HF3O2/c1-29(2)10-9-26-13-15-3-5-17(6-4-15)32-22-21(11-16(23)14-27-22)28-33(30,31)18-7-8-19(24)20(25)12-18;3-2(4,5)1(6)7/h3-8,11-12,14,26,28H,9-10,13H2,1-2H3;(H,6,7). The van der Waals surface area contributed by atoms with E-state index in [4.69, 9.17) is 49.4 Å². The van der Waals surface area contributed by atoms with Crippen LogP contribution in [0.3, 0.4) is 0 Å². The average Bonchev–Trinajstić information content (AvgIpc) is 2.85. The van der Waals surface area contributed by atoms with Gasteiger partial charge in [0.05, 0.1) is 20.0 Å². The van der Waals surface area contributed by atoms with Crippen molar-refractivity contribution in [3.05, 3.63) is 75.4 Å². The number of hydrogen-bond acceptors (Lipinski definition) is 7. The average molecular weight is 644 g/mol. The topological polar surface area (TPSA) is 121 Å². The summed E-state index contributed by atoms with van der Waals surface area (Å²) in [6.45, 7) is 2.55. The van der Waals surface area contributed by atoms with Crippen LogP contribution in [0.2, 0.25) is 15.1 Å². The zero-order valence-electron chi connectivity index (χ0n) is 21.0. The molecule has 16 heteroatoms. The summed E-state index contributed by atoms with van der Waals surface area (Å²) in [7, 11) is 0.0574. The van der Waals surface area contributed by atoms with Gasteiger partial charge < -0.3 is 20.1 Å². The fourth-order valence-corrected chi connectivity index (χ4v) is 4.35. The summed E-state index contributed by atoms with van der Waals surface area (Å²) in [5.41, 5.74) is 1.17. The minimum absolute atomic E-state index is 0.0555. The number of nitrogens with one attached hydrogen (secondary N) is 2. The summed E-state index contributed by atoms with van der Waals surface area (Å²) in [6, 6.07) is 12.9. The molecule has 0 aliphatic carbocycles. The van der Waals surface area contributed by atoms with Gasteiger partial charge in [-0.05, 0) is 56.1 Å². The molecule has 0 radical (unpaired) electrons. The predicted octanol–water partition coefficient (Wildman–Crippen LogP) is 5.92. The molecule has 0 amide bonds. The van der Waals surface area contributed by atoms with Crippen LogP contribution in [0.25, 0.3) is 0 Å². The molecule has 2 aromatic carbocycles. The largest absolute Gasteiger partial charge is 0.490 e. The monoisotopic (exact) mass is 642 g/mol. The van der Waals surface area contributed by atoms with Gasteiger partial charge in [-0.3, -0.25) is 4.72 Å². The third kappa shape index (κ3) is 11.0. The Morgan fingerprint density at radius 1 is 1.05 bits per heavy atom. The molecule has 0 aliphatic heterocycles. The van der Waals surface area contributed by atoms with Crippen molar-refractivity contribution in [1.29, 1.82) is 0 Å². The number of rotatable bonds is 10. The van der Waals surface area contributed by atoms with Crippen molar-refractivity contribution in [3.63, 3.8) is 0 Å². The third-order valence-electron chi connectivity index (χ3n) is 4.71. The molecule has 0 saturated carbocycles. The van der Waals surface area contributed by atoms with Gasteiger partial charge in [-0.15, -0.1) is 0 Å². The third-order valence-corrected chi connectivity index (χ3v) is 7.02. The van der Waals surface area contributed by atoms with Crippen LogP contribution in [0, 0.1) is 0 Å². The molecule has 0 atom stereocenters. The highest BCUT2D eigenvalue weighted by Crippen LogP contribution is 2.32. The number of halogens is 6. The van der Waals surface area contributed by atoms with E-state index in [9.17, 15) is 21.6 Å². The van der Waals surface area contributed by atoms with Crippen molar-refractivity contribution in [2.75, 3.05) is 31.9 Å². The summed E-state index contributed by atoms with van der Waals surface area (Å²) in [5.74, 6) is -2.20. The molecule has 0 unspecified atom stereocenters. The van der Waals surface area contributed by atoms with Crippen molar-refractivity contribution in [3.8, 4) is 11.6 Å². The maximum absolute atomic E-state index is 12.8. The van der Waals surface area contributed by atoms with Gasteiger partial charge >= 0.3 is 12.1 Å². The van der Waals surface area contributed by atoms with Crippen LogP contribution in [0.5, 0.6) is 11.6 Å². The van der Waals surface area contributed by atoms with Crippen LogP contribution in [-0.2, 0) is 21.4 Å². The minimum atomic E-state index is -5.08. The Kier molecular flexibility index (Phi) is 12.3. The second-order valence-electron chi connectivity index (χ2n) is 8.22. The van der Waals surface area contributed by atoms with E-state index in [1.54, 1.807) is 12.1 Å². The highest BCUT2D eigenvalue weighted by molar-refractivity contribution is 7.92. The SMILES string of the molecule is CN(C)CCNCc1ccc(Oc2ncc(Cl)cc2NS(=O)(=O)c2ccc(Cl)c(Cl)c2)cc1.O=C(O)C(F)(F)F. The first-order valence-electron chi connectivity index (χ1n) is 11.1. The predicted molar refractivity (Wildman–Crippen MR) is 147 cm³/mol. The zero-order chi connectivity index (χ0) is 30.1. The Labute approximate surface area is 243 Å². The van der Waals surface area contributed by atoms with Gasteiger partial charge in [-0.25, -0.2) is 18.2 Å². The molecule has 9 nitrogen and oxygen atoms in total. The van der Waals surface area contributed by atoms with Crippen LogP contribution < -0.4 is 14.8 Å². The van der Waals surface area contributed by atoms with E-state index in [0.717, 1.165) is 25.2 Å². The molecule has 1 aromatic heterocycles. The number of carboxylic acids is 1. The number of carbonyl (C=O) groups is 1. The number of benzene rings is 2. The number of hydrogen-bond donors (Lipinski definition) is 3. The highest BCUT2D eigenvalue weighted by atomic mass is 35.5. The molecule has 0 bridgehead atoms. The van der Waals surface area contributed by atoms with Crippen molar-refractivity contribution < 1.29 is 36.2 Å². The summed E-state index contributed by atoms with van der Waals surface area (Å²) in [6.07, 6.45) is -3.71. The first-order chi connectivity index (χ1) is 18.6. The summed E-state index contributed by atoms with van der Waals surface area (Å²) in [4.78, 5) is 15.1. The van der Waals surface area contributed by atoms with Crippen molar-refractivity contribution >= 4 is 56.5 Å². The van der Waals surface area contributed by atoms with E-state index < -0.39 is 22.2 Å². The lowest BCUT2D eigenvalue weighted by atomic mass is 10.2. The van der Waals surface area contributed by atoms with Gasteiger partial charge in [0.2, 0.25) is 5.88 Å². The number of ether oxygens (including phenoxy) is 1. The number of nitrogens with zero attached hydrogens (tertiary/aromatic N) is 2. The second kappa shape index (κ2) is 14.7. The molecule has 0 fully saturated rings. The molecule has 1 heterocycles. The van der Waals surface area contributed by atoms with E-state index in [0.29, 0.717) is 5.75 Å². The van der Waals surface area contributed by atoms with Crippen molar-refractivity contribution in [2.24, 2.45) is 0 Å². The lowest BCUT2D eigenvalue weighted by molar-refractivity contribution is -0.192. The first-order valence-corrected chi connectivity index (χ1v) is 13.8. The number of alkyl halides is 3. The van der Waals surface area contributed by atoms with Gasteiger partial charge in [0.25, 0.3) is 10.0 Å². The summed E-state index contributed by atoms with van der Waals surface area (Å²) >= 11 is 17.9. The highest BCUT2D eigenvalue weighted by Gasteiger charge is 2.38. The molecule has 3 rings (SSSR count). The molecule has 40 heavy (non-hydrogen) atoms. The van der Waals surface area contributed by atoms with Crippen LogP contribution in [0.15, 0.2) is 59.6 Å². The Morgan fingerprint density at radius 3 is 2.23 bits per heavy atom. The molecule has 3 aromatic rings. The van der Waals surface area contributed by atoms with Crippen LogP contribution in [-0.4, -0.2) is 62.7 Å². The number of aromatic nitrogens is 1. The molecule has 0 spiro atoms.